The third kappa shape index (κ3) is 5.39. The van der Waals surface area contributed by atoms with Crippen molar-refractivity contribution < 1.29 is 28.2 Å². The second-order valence-corrected chi connectivity index (χ2v) is 6.55. The molecule has 8 heteroatoms. The molecule has 2 rings (SSSR count). The molecule has 0 saturated carbocycles. The first-order valence-corrected chi connectivity index (χ1v) is 8.60. The SMILES string of the molecule is CC(Oc1ccc(F)c(F)c1)C(=O)N1CCCC(N(C)CC(=O)O)CC1. The van der Waals surface area contributed by atoms with Crippen LogP contribution in [0.2, 0.25) is 0 Å². The highest BCUT2D eigenvalue weighted by atomic mass is 19.2. The van der Waals surface area contributed by atoms with Crippen LogP contribution < -0.4 is 4.74 Å². The van der Waals surface area contributed by atoms with E-state index in [9.17, 15) is 18.4 Å². The van der Waals surface area contributed by atoms with Crippen LogP contribution in [0.4, 0.5) is 8.78 Å². The zero-order valence-electron chi connectivity index (χ0n) is 15.0. The van der Waals surface area contributed by atoms with E-state index in [4.69, 9.17) is 9.84 Å². The van der Waals surface area contributed by atoms with E-state index in [-0.39, 0.29) is 24.2 Å². The van der Waals surface area contributed by atoms with Crippen LogP contribution in [0.3, 0.4) is 0 Å². The standard InChI is InChI=1S/C18H24F2N2O4/c1-12(26-14-5-6-15(19)16(20)10-14)18(25)22-8-3-4-13(7-9-22)21(2)11-17(23)24/h5-6,10,12-13H,3-4,7-9,11H2,1-2H3,(H,23,24). The summed E-state index contributed by atoms with van der Waals surface area (Å²) in [6.07, 6.45) is 1.42. The highest BCUT2D eigenvalue weighted by Crippen LogP contribution is 2.20. The molecule has 6 nitrogen and oxygen atoms in total. The van der Waals surface area contributed by atoms with Gasteiger partial charge in [0.1, 0.15) is 5.75 Å². The van der Waals surface area contributed by atoms with Crippen LogP contribution in [-0.2, 0) is 9.59 Å². The summed E-state index contributed by atoms with van der Waals surface area (Å²) in [5, 5.41) is 8.90. The highest BCUT2D eigenvalue weighted by molar-refractivity contribution is 5.81. The molecule has 1 fully saturated rings. The molecule has 2 atom stereocenters. The minimum absolute atomic E-state index is 0.0335. The second kappa shape index (κ2) is 8.93. The van der Waals surface area contributed by atoms with Gasteiger partial charge in [-0.15, -0.1) is 0 Å². The number of carbonyl (C=O) groups excluding carboxylic acids is 1. The van der Waals surface area contributed by atoms with Crippen LogP contribution in [0.25, 0.3) is 0 Å². The molecule has 0 spiro atoms. The average Bonchev–Trinajstić information content (AvgIpc) is 2.83. The smallest absolute Gasteiger partial charge is 0.317 e. The Hall–Kier alpha value is -2.22. The zero-order valence-corrected chi connectivity index (χ0v) is 15.0. The summed E-state index contributed by atoms with van der Waals surface area (Å²) in [7, 11) is 1.77. The highest BCUT2D eigenvalue weighted by Gasteiger charge is 2.27. The molecule has 1 aromatic rings. The lowest BCUT2D eigenvalue weighted by Crippen LogP contribution is -2.42. The molecule has 0 bridgehead atoms. The van der Waals surface area contributed by atoms with Gasteiger partial charge in [-0.05, 0) is 45.4 Å². The molecule has 1 amide bonds. The fourth-order valence-electron chi connectivity index (χ4n) is 3.14. The normalized spacial score (nSPS) is 19.1. The first-order valence-electron chi connectivity index (χ1n) is 8.60. The van der Waals surface area contributed by atoms with Crippen molar-refractivity contribution in [1.29, 1.82) is 0 Å². The van der Waals surface area contributed by atoms with E-state index >= 15 is 0 Å². The Labute approximate surface area is 151 Å². The van der Waals surface area contributed by atoms with Gasteiger partial charge in [0.2, 0.25) is 0 Å². The number of hydrogen-bond donors (Lipinski definition) is 1. The number of benzene rings is 1. The Bertz CT molecular complexity index is 656. The molecule has 1 aromatic carbocycles. The summed E-state index contributed by atoms with van der Waals surface area (Å²) in [4.78, 5) is 26.9. The molecule has 1 saturated heterocycles. The molecule has 0 aromatic heterocycles. The van der Waals surface area contributed by atoms with E-state index in [0.717, 1.165) is 25.0 Å². The largest absolute Gasteiger partial charge is 0.481 e. The van der Waals surface area contributed by atoms with Gasteiger partial charge in [0.05, 0.1) is 6.54 Å². The van der Waals surface area contributed by atoms with Crippen LogP contribution in [0.5, 0.6) is 5.75 Å². The number of amides is 1. The molecule has 1 N–H and O–H groups in total. The minimum atomic E-state index is -1.03. The molecular weight excluding hydrogens is 346 g/mol. The number of nitrogens with zero attached hydrogens (tertiary/aromatic N) is 2. The van der Waals surface area contributed by atoms with Gasteiger partial charge in [0, 0.05) is 25.2 Å². The van der Waals surface area contributed by atoms with Gasteiger partial charge in [0.25, 0.3) is 5.91 Å². The Morgan fingerprint density at radius 1 is 1.31 bits per heavy atom. The summed E-state index contributed by atoms with van der Waals surface area (Å²) in [6, 6.07) is 3.25. The fourth-order valence-corrected chi connectivity index (χ4v) is 3.14. The quantitative estimate of drug-likeness (QED) is 0.831. The molecule has 0 radical (unpaired) electrons. The minimum Gasteiger partial charge on any atom is -0.481 e. The molecule has 1 aliphatic heterocycles. The number of likely N-dealkylation sites (tertiary alicyclic amines) is 1. The van der Waals surface area contributed by atoms with Crippen molar-refractivity contribution in [2.75, 3.05) is 26.7 Å². The first kappa shape index (κ1) is 20.1. The van der Waals surface area contributed by atoms with Crippen molar-refractivity contribution in [3.8, 4) is 5.75 Å². The average molecular weight is 370 g/mol. The number of carboxylic acid groups (broad SMARTS) is 1. The lowest BCUT2D eigenvalue weighted by atomic mass is 10.1. The summed E-state index contributed by atoms with van der Waals surface area (Å²) in [5.74, 6) is -3.00. The summed E-state index contributed by atoms with van der Waals surface area (Å²) in [5.41, 5.74) is 0. The number of ether oxygens (including phenoxy) is 1. The summed E-state index contributed by atoms with van der Waals surface area (Å²) >= 11 is 0. The first-order chi connectivity index (χ1) is 12.3. The molecule has 26 heavy (non-hydrogen) atoms. The maximum atomic E-state index is 13.3. The molecule has 1 heterocycles. The maximum Gasteiger partial charge on any atom is 0.317 e. The second-order valence-electron chi connectivity index (χ2n) is 6.55. The predicted molar refractivity (Wildman–Crippen MR) is 90.9 cm³/mol. The van der Waals surface area contributed by atoms with E-state index in [2.05, 4.69) is 0 Å². The van der Waals surface area contributed by atoms with Gasteiger partial charge in [0.15, 0.2) is 17.7 Å². The Morgan fingerprint density at radius 2 is 2.04 bits per heavy atom. The lowest BCUT2D eigenvalue weighted by Gasteiger charge is -2.26. The van der Waals surface area contributed by atoms with Crippen molar-refractivity contribution in [2.45, 2.75) is 38.3 Å². The van der Waals surface area contributed by atoms with Crippen LogP contribution in [0, 0.1) is 11.6 Å². The Kier molecular flexibility index (Phi) is 6.90. The van der Waals surface area contributed by atoms with Gasteiger partial charge in [-0.3, -0.25) is 14.5 Å². The van der Waals surface area contributed by atoms with Gasteiger partial charge < -0.3 is 14.7 Å². The number of likely N-dealkylation sites (N-methyl/N-ethyl adjacent to an activating group) is 1. The number of aliphatic carboxylic acids is 1. The van der Waals surface area contributed by atoms with Crippen molar-refractivity contribution in [3.63, 3.8) is 0 Å². The van der Waals surface area contributed by atoms with E-state index in [1.54, 1.807) is 23.8 Å². The molecule has 144 valence electrons. The van der Waals surface area contributed by atoms with Crippen molar-refractivity contribution in [3.05, 3.63) is 29.8 Å². The molecular formula is C18H24F2N2O4. The van der Waals surface area contributed by atoms with Crippen molar-refractivity contribution in [1.82, 2.24) is 9.80 Å². The number of carboxylic acids is 1. The van der Waals surface area contributed by atoms with E-state index in [1.165, 1.54) is 6.07 Å². The Morgan fingerprint density at radius 3 is 2.69 bits per heavy atom. The zero-order chi connectivity index (χ0) is 19.3. The molecule has 1 aliphatic rings. The van der Waals surface area contributed by atoms with E-state index in [0.29, 0.717) is 19.5 Å². The van der Waals surface area contributed by atoms with Crippen molar-refractivity contribution >= 4 is 11.9 Å². The van der Waals surface area contributed by atoms with E-state index in [1.807, 2.05) is 0 Å². The summed E-state index contributed by atoms with van der Waals surface area (Å²) in [6.45, 7) is 2.59. The van der Waals surface area contributed by atoms with Gasteiger partial charge >= 0.3 is 5.97 Å². The maximum absolute atomic E-state index is 13.3. The van der Waals surface area contributed by atoms with Gasteiger partial charge in [-0.25, -0.2) is 8.78 Å². The topological polar surface area (TPSA) is 70.1 Å². The van der Waals surface area contributed by atoms with Crippen LogP contribution in [0.1, 0.15) is 26.2 Å². The predicted octanol–water partition coefficient (Wildman–Crippen LogP) is 2.13. The van der Waals surface area contributed by atoms with Crippen LogP contribution in [0.15, 0.2) is 18.2 Å². The van der Waals surface area contributed by atoms with Crippen molar-refractivity contribution in [2.24, 2.45) is 0 Å². The summed E-state index contributed by atoms with van der Waals surface area (Å²) < 4.78 is 31.7. The monoisotopic (exact) mass is 370 g/mol. The number of rotatable bonds is 6. The lowest BCUT2D eigenvalue weighted by molar-refractivity contribution is -0.139. The third-order valence-corrected chi connectivity index (χ3v) is 4.57. The Balaban J connectivity index is 1.92. The van der Waals surface area contributed by atoms with Gasteiger partial charge in [-0.2, -0.15) is 0 Å². The van der Waals surface area contributed by atoms with Crippen LogP contribution >= 0.6 is 0 Å². The molecule has 2 unspecified atom stereocenters. The number of carbonyl (C=O) groups is 2. The fraction of sp³-hybridized carbons (Fsp3) is 0.556. The third-order valence-electron chi connectivity index (χ3n) is 4.57. The number of halogens is 2. The van der Waals surface area contributed by atoms with Crippen LogP contribution in [-0.4, -0.2) is 65.6 Å². The number of hydrogen-bond acceptors (Lipinski definition) is 4. The van der Waals surface area contributed by atoms with Gasteiger partial charge in [-0.1, -0.05) is 0 Å². The molecule has 0 aliphatic carbocycles. The van der Waals surface area contributed by atoms with E-state index < -0.39 is 23.7 Å².